The topological polar surface area (TPSA) is 78.5 Å². The van der Waals surface area contributed by atoms with Crippen LogP contribution in [-0.4, -0.2) is 48.8 Å². The quantitative estimate of drug-likeness (QED) is 0.685. The van der Waals surface area contributed by atoms with Crippen LogP contribution in [0.5, 0.6) is 0 Å². The van der Waals surface area contributed by atoms with Crippen molar-refractivity contribution < 1.29 is 13.2 Å². The van der Waals surface area contributed by atoms with Crippen LogP contribution in [0.1, 0.15) is 53.4 Å². The second-order valence-electron chi connectivity index (χ2n) is 9.66. The van der Waals surface area contributed by atoms with Crippen molar-refractivity contribution in [2.24, 2.45) is 5.92 Å². The van der Waals surface area contributed by atoms with Crippen molar-refractivity contribution in [3.63, 3.8) is 0 Å². The van der Waals surface area contributed by atoms with E-state index >= 15 is 0 Å². The minimum absolute atomic E-state index is 0.0285. The highest BCUT2D eigenvalue weighted by Crippen LogP contribution is 2.30. The first kappa shape index (κ1) is 22.7. The van der Waals surface area contributed by atoms with Gasteiger partial charge >= 0.3 is 0 Å². The average molecular weight is 486 g/mol. The molecule has 2 fully saturated rings. The molecule has 1 atom stereocenters. The summed E-state index contributed by atoms with van der Waals surface area (Å²) in [6, 6.07) is 6.74. The summed E-state index contributed by atoms with van der Waals surface area (Å²) >= 11 is 3.33. The van der Waals surface area contributed by atoms with Crippen LogP contribution < -0.4 is 10.6 Å². The molecule has 0 aromatic heterocycles. The molecule has 0 aliphatic carbocycles. The first-order valence-electron chi connectivity index (χ1n) is 10.2. The summed E-state index contributed by atoms with van der Waals surface area (Å²) in [7, 11) is -3.59. The lowest BCUT2D eigenvalue weighted by molar-refractivity contribution is -0.127. The molecule has 1 aromatic carbocycles. The Balaban J connectivity index is 1.67. The van der Waals surface area contributed by atoms with Gasteiger partial charge in [-0.05, 0) is 77.6 Å². The molecule has 1 amide bonds. The van der Waals surface area contributed by atoms with Crippen LogP contribution in [0.3, 0.4) is 0 Å². The second kappa shape index (κ2) is 8.29. The summed E-state index contributed by atoms with van der Waals surface area (Å²) in [5.41, 5.74) is -0.105. The summed E-state index contributed by atoms with van der Waals surface area (Å²) in [4.78, 5) is 13.3. The number of nitrogens with one attached hydrogen (secondary N) is 2. The molecule has 6 nitrogen and oxygen atoms in total. The van der Waals surface area contributed by atoms with Crippen LogP contribution in [0.2, 0.25) is 0 Å². The van der Waals surface area contributed by atoms with Crippen LogP contribution in [0, 0.1) is 5.92 Å². The minimum atomic E-state index is -3.59. The average Bonchev–Trinajstić information content (AvgIpc) is 2.59. The summed E-state index contributed by atoms with van der Waals surface area (Å²) < 4.78 is 28.3. The van der Waals surface area contributed by atoms with Gasteiger partial charge in [-0.1, -0.05) is 15.9 Å². The number of halogens is 1. The van der Waals surface area contributed by atoms with E-state index in [0.29, 0.717) is 13.0 Å². The third kappa shape index (κ3) is 5.60. The van der Waals surface area contributed by atoms with Crippen LogP contribution in [0.25, 0.3) is 0 Å². The lowest BCUT2D eigenvalue weighted by Crippen LogP contribution is -2.62. The Bertz CT molecular complexity index is 836. The van der Waals surface area contributed by atoms with Crippen molar-refractivity contribution in [3.05, 3.63) is 28.7 Å². The maximum atomic E-state index is 13.0. The van der Waals surface area contributed by atoms with Gasteiger partial charge < -0.3 is 10.6 Å². The number of rotatable bonds is 4. The van der Waals surface area contributed by atoms with Crippen LogP contribution >= 0.6 is 15.9 Å². The molecular formula is C21H32BrN3O3S. The molecule has 29 heavy (non-hydrogen) atoms. The Morgan fingerprint density at radius 1 is 1.14 bits per heavy atom. The van der Waals surface area contributed by atoms with E-state index in [2.05, 4.69) is 54.3 Å². The number of hydrogen-bond donors (Lipinski definition) is 2. The van der Waals surface area contributed by atoms with Crippen LogP contribution in [0.4, 0.5) is 0 Å². The fourth-order valence-corrected chi connectivity index (χ4v) is 6.66. The van der Waals surface area contributed by atoms with Gasteiger partial charge in [-0.25, -0.2) is 8.42 Å². The molecule has 2 saturated heterocycles. The van der Waals surface area contributed by atoms with Gasteiger partial charge in [-0.3, -0.25) is 4.79 Å². The van der Waals surface area contributed by atoms with Gasteiger partial charge in [0.2, 0.25) is 15.9 Å². The number of carbonyl (C=O) groups excluding carboxylic acids is 1. The fraction of sp³-hybridized carbons (Fsp3) is 0.667. The number of hydrogen-bond acceptors (Lipinski definition) is 4. The Labute approximate surface area is 183 Å². The first-order chi connectivity index (χ1) is 13.4. The van der Waals surface area contributed by atoms with Gasteiger partial charge in [0.15, 0.2) is 0 Å². The molecule has 0 saturated carbocycles. The van der Waals surface area contributed by atoms with Gasteiger partial charge in [0, 0.05) is 34.7 Å². The maximum absolute atomic E-state index is 13.0. The van der Waals surface area contributed by atoms with Crippen molar-refractivity contribution in [2.75, 3.05) is 13.1 Å². The van der Waals surface area contributed by atoms with E-state index in [0.717, 1.165) is 23.7 Å². The van der Waals surface area contributed by atoms with E-state index in [1.807, 2.05) is 0 Å². The van der Waals surface area contributed by atoms with Crippen LogP contribution in [-0.2, 0) is 14.8 Å². The molecule has 3 rings (SSSR count). The monoisotopic (exact) mass is 485 g/mol. The first-order valence-corrected chi connectivity index (χ1v) is 12.5. The van der Waals surface area contributed by atoms with Crippen molar-refractivity contribution in [2.45, 2.75) is 75.4 Å². The zero-order chi connectivity index (χ0) is 21.4. The smallest absolute Gasteiger partial charge is 0.243 e. The van der Waals surface area contributed by atoms with Crippen molar-refractivity contribution in [1.82, 2.24) is 14.9 Å². The Kier molecular flexibility index (Phi) is 6.49. The Hall–Kier alpha value is -0.960. The summed E-state index contributed by atoms with van der Waals surface area (Å²) in [6.45, 7) is 9.30. The number of piperidine rings is 2. The fourth-order valence-electron chi connectivity index (χ4n) is 4.87. The van der Waals surface area contributed by atoms with Gasteiger partial charge in [0.05, 0.1) is 10.8 Å². The zero-order valence-electron chi connectivity index (χ0n) is 17.7. The highest BCUT2D eigenvalue weighted by Gasteiger charge is 2.40. The number of amides is 1. The third-order valence-electron chi connectivity index (χ3n) is 5.74. The summed E-state index contributed by atoms with van der Waals surface area (Å²) in [5, 5.41) is 6.83. The molecule has 2 aliphatic heterocycles. The molecule has 0 radical (unpaired) electrons. The highest BCUT2D eigenvalue weighted by atomic mass is 79.9. The minimum Gasteiger partial charge on any atom is -0.353 e. The SMILES string of the molecule is CC1(C)CC(NC(=O)[C@H]2CCCN(S(=O)(=O)c3ccc(Br)cc3)C2)CC(C)(C)N1. The van der Waals surface area contributed by atoms with Gasteiger partial charge in [0.25, 0.3) is 0 Å². The molecule has 0 spiro atoms. The summed E-state index contributed by atoms with van der Waals surface area (Å²) in [5.74, 6) is -0.339. The van der Waals surface area contributed by atoms with E-state index in [1.165, 1.54) is 4.31 Å². The molecule has 1 aromatic rings. The third-order valence-corrected chi connectivity index (χ3v) is 8.15. The molecule has 8 heteroatoms. The Morgan fingerprint density at radius 3 is 2.31 bits per heavy atom. The Morgan fingerprint density at radius 2 is 1.72 bits per heavy atom. The van der Waals surface area contributed by atoms with Crippen molar-refractivity contribution in [1.29, 1.82) is 0 Å². The van der Waals surface area contributed by atoms with E-state index in [1.54, 1.807) is 24.3 Å². The molecule has 0 unspecified atom stereocenters. The summed E-state index contributed by atoms with van der Waals surface area (Å²) in [6.07, 6.45) is 3.12. The van der Waals surface area contributed by atoms with Gasteiger partial charge in [-0.2, -0.15) is 4.31 Å². The predicted octanol–water partition coefficient (Wildman–Crippen LogP) is 3.28. The van der Waals surface area contributed by atoms with Gasteiger partial charge in [0.1, 0.15) is 0 Å². The molecule has 162 valence electrons. The molecule has 0 bridgehead atoms. The van der Waals surface area contributed by atoms with Crippen molar-refractivity contribution >= 4 is 31.9 Å². The normalized spacial score (nSPS) is 25.5. The van der Waals surface area contributed by atoms with E-state index in [-0.39, 0.29) is 40.4 Å². The van der Waals surface area contributed by atoms with Crippen LogP contribution in [0.15, 0.2) is 33.6 Å². The molecule has 2 heterocycles. The second-order valence-corrected chi connectivity index (χ2v) is 12.5. The van der Waals surface area contributed by atoms with Gasteiger partial charge in [-0.15, -0.1) is 0 Å². The number of sulfonamides is 1. The molecule has 2 N–H and O–H groups in total. The standard InChI is InChI=1S/C21H32BrN3O3S/c1-20(2)12-17(13-21(3,4)24-20)23-19(26)15-6-5-11-25(14-15)29(27,28)18-9-7-16(22)8-10-18/h7-10,15,17,24H,5-6,11-14H2,1-4H3,(H,23,26)/t15-/m0/s1. The molecular weight excluding hydrogens is 454 g/mol. The van der Waals surface area contributed by atoms with Crippen molar-refractivity contribution in [3.8, 4) is 0 Å². The van der Waals surface area contributed by atoms with E-state index in [9.17, 15) is 13.2 Å². The van der Waals surface area contributed by atoms with E-state index in [4.69, 9.17) is 0 Å². The predicted molar refractivity (Wildman–Crippen MR) is 118 cm³/mol. The lowest BCUT2D eigenvalue weighted by atomic mass is 9.79. The van der Waals surface area contributed by atoms with E-state index < -0.39 is 10.0 Å². The highest BCUT2D eigenvalue weighted by molar-refractivity contribution is 9.10. The number of nitrogens with zero attached hydrogens (tertiary/aromatic N) is 1. The maximum Gasteiger partial charge on any atom is 0.243 e. The molecule has 2 aliphatic rings. The largest absolute Gasteiger partial charge is 0.353 e. The zero-order valence-corrected chi connectivity index (χ0v) is 20.1. The number of benzene rings is 1. The number of carbonyl (C=O) groups is 1. The lowest BCUT2D eigenvalue weighted by Gasteiger charge is -2.47.